The molecule has 7 nitrogen and oxygen atoms in total. The lowest BCUT2D eigenvalue weighted by Crippen LogP contribution is -1.96. The standard InChI is InChI=1S/C15H13N5O2S2/c1-9(13-17-18-14(22-13)11-6-4-8-23-11)24-15-19-16-12(20(15)2)10-5-3-7-21-10/h3-9H,1-2H3/t9-/m1/s1. The summed E-state index contributed by atoms with van der Waals surface area (Å²) in [4.78, 5) is 0.963. The van der Waals surface area contributed by atoms with Crippen LogP contribution in [0.4, 0.5) is 0 Å². The summed E-state index contributed by atoms with van der Waals surface area (Å²) in [5, 5.41) is 19.4. The first-order chi connectivity index (χ1) is 11.7. The second-order valence-electron chi connectivity index (χ2n) is 5.03. The van der Waals surface area contributed by atoms with Crippen LogP contribution >= 0.6 is 23.1 Å². The van der Waals surface area contributed by atoms with Crippen molar-refractivity contribution in [1.29, 1.82) is 0 Å². The Morgan fingerprint density at radius 1 is 1.17 bits per heavy atom. The van der Waals surface area contributed by atoms with E-state index in [0.29, 0.717) is 23.4 Å². The predicted octanol–water partition coefficient (Wildman–Crippen LogP) is 4.04. The zero-order chi connectivity index (χ0) is 16.5. The number of furan rings is 1. The van der Waals surface area contributed by atoms with Gasteiger partial charge in [-0.1, -0.05) is 17.8 Å². The van der Waals surface area contributed by atoms with Crippen molar-refractivity contribution in [2.24, 2.45) is 7.05 Å². The third-order valence-corrected chi connectivity index (χ3v) is 5.36. The van der Waals surface area contributed by atoms with Gasteiger partial charge in [0.15, 0.2) is 16.7 Å². The molecule has 0 aromatic carbocycles. The molecular weight excluding hydrogens is 346 g/mol. The average Bonchev–Trinajstić information content (AvgIpc) is 3.36. The van der Waals surface area contributed by atoms with Crippen molar-refractivity contribution in [3.63, 3.8) is 0 Å². The summed E-state index contributed by atoms with van der Waals surface area (Å²) >= 11 is 3.08. The van der Waals surface area contributed by atoms with Crippen LogP contribution in [0, 0.1) is 0 Å². The molecule has 4 rings (SSSR count). The van der Waals surface area contributed by atoms with Gasteiger partial charge in [0.2, 0.25) is 5.89 Å². The quantitative estimate of drug-likeness (QED) is 0.497. The Hall–Kier alpha value is -2.39. The number of nitrogens with zero attached hydrogens (tertiary/aromatic N) is 5. The van der Waals surface area contributed by atoms with E-state index in [1.165, 1.54) is 11.8 Å². The van der Waals surface area contributed by atoms with Crippen LogP contribution in [0.25, 0.3) is 22.4 Å². The van der Waals surface area contributed by atoms with Crippen LogP contribution in [-0.2, 0) is 7.05 Å². The number of rotatable bonds is 5. The molecule has 122 valence electrons. The highest BCUT2D eigenvalue weighted by molar-refractivity contribution is 7.99. The lowest BCUT2D eigenvalue weighted by Gasteiger charge is -2.06. The second kappa shape index (κ2) is 6.25. The Bertz CT molecular complexity index is 927. The topological polar surface area (TPSA) is 82.8 Å². The van der Waals surface area contributed by atoms with E-state index in [-0.39, 0.29) is 5.25 Å². The molecule has 0 amide bonds. The Morgan fingerprint density at radius 2 is 2.08 bits per heavy atom. The van der Waals surface area contributed by atoms with Gasteiger partial charge in [-0.3, -0.25) is 0 Å². The first-order valence-corrected chi connectivity index (χ1v) is 8.95. The molecule has 0 spiro atoms. The Morgan fingerprint density at radius 3 is 2.83 bits per heavy atom. The van der Waals surface area contributed by atoms with Crippen molar-refractivity contribution in [2.45, 2.75) is 17.3 Å². The lowest BCUT2D eigenvalue weighted by atomic mass is 10.4. The van der Waals surface area contributed by atoms with E-state index in [0.717, 1.165) is 10.0 Å². The van der Waals surface area contributed by atoms with Crippen LogP contribution < -0.4 is 0 Å². The molecule has 0 aliphatic heterocycles. The van der Waals surface area contributed by atoms with Gasteiger partial charge in [-0.15, -0.1) is 31.7 Å². The predicted molar refractivity (Wildman–Crippen MR) is 90.6 cm³/mol. The van der Waals surface area contributed by atoms with Crippen molar-refractivity contribution in [3.05, 3.63) is 41.8 Å². The second-order valence-corrected chi connectivity index (χ2v) is 7.28. The highest BCUT2D eigenvalue weighted by Crippen LogP contribution is 2.35. The fraction of sp³-hybridized carbons (Fsp3) is 0.200. The molecule has 0 radical (unpaired) electrons. The van der Waals surface area contributed by atoms with Crippen molar-refractivity contribution in [3.8, 4) is 22.4 Å². The van der Waals surface area contributed by atoms with Crippen LogP contribution in [0.2, 0.25) is 0 Å². The highest BCUT2D eigenvalue weighted by Gasteiger charge is 2.21. The first-order valence-electron chi connectivity index (χ1n) is 7.19. The van der Waals surface area contributed by atoms with E-state index in [4.69, 9.17) is 8.83 Å². The van der Waals surface area contributed by atoms with Crippen LogP contribution in [0.15, 0.2) is 49.9 Å². The van der Waals surface area contributed by atoms with Gasteiger partial charge in [-0.25, -0.2) is 0 Å². The maximum Gasteiger partial charge on any atom is 0.257 e. The summed E-state index contributed by atoms with van der Waals surface area (Å²) in [5.74, 6) is 2.47. The molecule has 1 atom stereocenters. The number of thiophene rings is 1. The molecule has 4 aromatic rings. The largest absolute Gasteiger partial charge is 0.461 e. The van der Waals surface area contributed by atoms with Gasteiger partial charge in [0, 0.05) is 7.05 Å². The summed E-state index contributed by atoms with van der Waals surface area (Å²) in [7, 11) is 1.90. The summed E-state index contributed by atoms with van der Waals surface area (Å²) in [6, 6.07) is 7.59. The van der Waals surface area contributed by atoms with Gasteiger partial charge < -0.3 is 13.4 Å². The lowest BCUT2D eigenvalue weighted by molar-refractivity contribution is 0.509. The van der Waals surface area contributed by atoms with Crippen LogP contribution in [0.3, 0.4) is 0 Å². The zero-order valence-corrected chi connectivity index (χ0v) is 14.5. The molecule has 9 heteroatoms. The molecule has 4 heterocycles. The highest BCUT2D eigenvalue weighted by atomic mass is 32.2. The Kier molecular flexibility index (Phi) is 3.95. The van der Waals surface area contributed by atoms with Crippen LogP contribution in [0.1, 0.15) is 18.1 Å². The molecule has 0 fully saturated rings. The third kappa shape index (κ3) is 2.76. The fourth-order valence-electron chi connectivity index (χ4n) is 2.15. The van der Waals surface area contributed by atoms with Crippen molar-refractivity contribution >= 4 is 23.1 Å². The molecule has 0 aliphatic rings. The number of hydrogen-bond donors (Lipinski definition) is 0. The molecule has 0 N–H and O–H groups in total. The van der Waals surface area contributed by atoms with Crippen LogP contribution in [-0.4, -0.2) is 25.0 Å². The van der Waals surface area contributed by atoms with Gasteiger partial charge >= 0.3 is 0 Å². The number of hydrogen-bond acceptors (Lipinski definition) is 8. The number of thioether (sulfide) groups is 1. The van der Waals surface area contributed by atoms with Gasteiger partial charge in [0.1, 0.15) is 0 Å². The molecule has 24 heavy (non-hydrogen) atoms. The van der Waals surface area contributed by atoms with Gasteiger partial charge in [-0.05, 0) is 30.5 Å². The monoisotopic (exact) mass is 359 g/mol. The van der Waals surface area contributed by atoms with E-state index in [1.807, 2.05) is 48.2 Å². The molecule has 0 saturated heterocycles. The minimum absolute atomic E-state index is 0.0430. The van der Waals surface area contributed by atoms with Crippen molar-refractivity contribution < 1.29 is 8.83 Å². The molecule has 0 bridgehead atoms. The maximum absolute atomic E-state index is 5.77. The minimum Gasteiger partial charge on any atom is -0.461 e. The van der Waals surface area contributed by atoms with E-state index >= 15 is 0 Å². The van der Waals surface area contributed by atoms with Gasteiger partial charge in [0.25, 0.3) is 5.89 Å². The molecular formula is C15H13N5O2S2. The first kappa shape index (κ1) is 15.2. The van der Waals surface area contributed by atoms with E-state index < -0.39 is 0 Å². The normalized spacial score (nSPS) is 12.6. The molecule has 0 saturated carbocycles. The maximum atomic E-state index is 5.77. The van der Waals surface area contributed by atoms with E-state index in [1.54, 1.807) is 17.6 Å². The van der Waals surface area contributed by atoms with Crippen molar-refractivity contribution in [1.82, 2.24) is 25.0 Å². The van der Waals surface area contributed by atoms with Crippen molar-refractivity contribution in [2.75, 3.05) is 0 Å². The SMILES string of the molecule is C[C@@H](Sc1nnc(-c2ccco2)n1C)c1nnc(-c2cccs2)o1. The summed E-state index contributed by atoms with van der Waals surface area (Å²) in [6.07, 6.45) is 1.62. The zero-order valence-electron chi connectivity index (χ0n) is 12.9. The summed E-state index contributed by atoms with van der Waals surface area (Å²) < 4.78 is 13.0. The molecule has 0 unspecified atom stereocenters. The third-order valence-electron chi connectivity index (χ3n) is 3.38. The average molecular weight is 359 g/mol. The van der Waals surface area contributed by atoms with Gasteiger partial charge in [-0.2, -0.15) is 0 Å². The molecule has 0 aliphatic carbocycles. The van der Waals surface area contributed by atoms with E-state index in [2.05, 4.69) is 20.4 Å². The van der Waals surface area contributed by atoms with Crippen LogP contribution in [0.5, 0.6) is 0 Å². The molecule has 4 aromatic heterocycles. The summed E-state index contributed by atoms with van der Waals surface area (Å²) in [6.45, 7) is 2.00. The van der Waals surface area contributed by atoms with Gasteiger partial charge in [0.05, 0.1) is 16.4 Å². The smallest absolute Gasteiger partial charge is 0.257 e. The Balaban J connectivity index is 1.53. The fourth-order valence-corrected chi connectivity index (χ4v) is 3.63. The summed E-state index contributed by atoms with van der Waals surface area (Å²) in [5.41, 5.74) is 0. The Labute approximate surface area is 145 Å². The van der Waals surface area contributed by atoms with E-state index in [9.17, 15) is 0 Å². The number of aromatic nitrogens is 5. The minimum atomic E-state index is -0.0430.